The van der Waals surface area contributed by atoms with Crippen molar-refractivity contribution in [2.45, 2.75) is 25.3 Å². The Labute approximate surface area is 143 Å². The Morgan fingerprint density at radius 1 is 1.00 bits per heavy atom. The van der Waals surface area contributed by atoms with E-state index in [1.807, 2.05) is 10.8 Å². The number of allylic oxidation sites excluding steroid dienone is 2. The molecule has 1 fully saturated rings. The van der Waals surface area contributed by atoms with Crippen LogP contribution in [0.1, 0.15) is 36.4 Å². The molecular formula is C20H15F2N3. The van der Waals surface area contributed by atoms with Gasteiger partial charge in [0.2, 0.25) is 0 Å². The Morgan fingerprint density at radius 2 is 1.80 bits per heavy atom. The molecule has 0 unspecified atom stereocenters. The molecule has 2 aliphatic rings. The van der Waals surface area contributed by atoms with Gasteiger partial charge in [-0.1, -0.05) is 24.3 Å². The first-order valence-electron chi connectivity index (χ1n) is 8.41. The van der Waals surface area contributed by atoms with Gasteiger partial charge in [0.15, 0.2) is 11.6 Å². The van der Waals surface area contributed by atoms with E-state index in [9.17, 15) is 8.78 Å². The molecule has 2 aliphatic carbocycles. The van der Waals surface area contributed by atoms with Crippen LogP contribution in [0.2, 0.25) is 0 Å². The van der Waals surface area contributed by atoms with Gasteiger partial charge in [-0.3, -0.25) is 4.98 Å². The van der Waals surface area contributed by atoms with Crippen LogP contribution in [-0.4, -0.2) is 14.5 Å². The van der Waals surface area contributed by atoms with E-state index in [2.05, 4.69) is 34.3 Å². The standard InChI is InChI=1S/C20H15F2N3/c21-16-8-18-19(9-17(16)22)25(13-6-7-13)20(24-18)15-11-23-10-12-4-2-1-3-5-14(12)15/h2-5,8-11,13H,1,6-7H2. The molecule has 124 valence electrons. The fourth-order valence-corrected chi connectivity index (χ4v) is 3.43. The van der Waals surface area contributed by atoms with Crippen molar-refractivity contribution in [2.24, 2.45) is 0 Å². The smallest absolute Gasteiger partial charge is 0.161 e. The second-order valence-corrected chi connectivity index (χ2v) is 6.52. The van der Waals surface area contributed by atoms with E-state index in [0.29, 0.717) is 11.0 Å². The van der Waals surface area contributed by atoms with Crippen molar-refractivity contribution in [1.82, 2.24) is 14.5 Å². The molecule has 5 rings (SSSR count). The average molecular weight is 335 g/mol. The molecule has 0 aliphatic heterocycles. The van der Waals surface area contributed by atoms with E-state index in [4.69, 9.17) is 0 Å². The molecule has 2 aromatic heterocycles. The summed E-state index contributed by atoms with van der Waals surface area (Å²) >= 11 is 0. The summed E-state index contributed by atoms with van der Waals surface area (Å²) in [6.07, 6.45) is 14.8. The summed E-state index contributed by atoms with van der Waals surface area (Å²) in [6, 6.07) is 2.72. The zero-order valence-electron chi connectivity index (χ0n) is 13.4. The van der Waals surface area contributed by atoms with Crippen LogP contribution in [-0.2, 0) is 0 Å². The van der Waals surface area contributed by atoms with Crippen LogP contribution in [0.5, 0.6) is 0 Å². The fourth-order valence-electron chi connectivity index (χ4n) is 3.43. The summed E-state index contributed by atoms with van der Waals surface area (Å²) in [4.78, 5) is 9.00. The van der Waals surface area contributed by atoms with E-state index >= 15 is 0 Å². The summed E-state index contributed by atoms with van der Waals surface area (Å²) in [5, 5.41) is 0. The molecule has 2 heterocycles. The summed E-state index contributed by atoms with van der Waals surface area (Å²) < 4.78 is 29.5. The van der Waals surface area contributed by atoms with Crippen LogP contribution < -0.4 is 0 Å². The predicted molar refractivity (Wildman–Crippen MR) is 93.8 cm³/mol. The van der Waals surface area contributed by atoms with Crippen LogP contribution in [0.3, 0.4) is 0 Å². The van der Waals surface area contributed by atoms with Gasteiger partial charge in [-0.05, 0) is 24.8 Å². The highest BCUT2D eigenvalue weighted by molar-refractivity contribution is 5.85. The first-order chi connectivity index (χ1) is 12.2. The van der Waals surface area contributed by atoms with Gasteiger partial charge in [0.25, 0.3) is 0 Å². The number of pyridine rings is 1. The van der Waals surface area contributed by atoms with Crippen molar-refractivity contribution >= 4 is 23.2 Å². The van der Waals surface area contributed by atoms with Crippen LogP contribution >= 0.6 is 0 Å². The molecule has 5 heteroatoms. The van der Waals surface area contributed by atoms with Gasteiger partial charge in [-0.2, -0.15) is 0 Å². The summed E-state index contributed by atoms with van der Waals surface area (Å²) in [7, 11) is 0. The maximum absolute atomic E-state index is 13.8. The molecular weight excluding hydrogens is 320 g/mol. The Morgan fingerprint density at radius 3 is 2.64 bits per heavy atom. The first kappa shape index (κ1) is 14.5. The normalized spacial score (nSPS) is 16.2. The van der Waals surface area contributed by atoms with Gasteiger partial charge in [0, 0.05) is 41.7 Å². The first-order valence-corrected chi connectivity index (χ1v) is 8.41. The lowest BCUT2D eigenvalue weighted by Gasteiger charge is -2.11. The van der Waals surface area contributed by atoms with E-state index in [0.717, 1.165) is 41.8 Å². The van der Waals surface area contributed by atoms with Gasteiger partial charge < -0.3 is 4.57 Å². The Kier molecular flexibility index (Phi) is 3.10. The van der Waals surface area contributed by atoms with Crippen molar-refractivity contribution in [3.63, 3.8) is 0 Å². The molecule has 0 radical (unpaired) electrons. The zero-order valence-corrected chi connectivity index (χ0v) is 13.4. The average Bonchev–Trinajstić information content (AvgIpc) is 3.41. The number of nitrogens with zero attached hydrogens (tertiary/aromatic N) is 3. The van der Waals surface area contributed by atoms with Crippen molar-refractivity contribution in [3.8, 4) is 11.4 Å². The van der Waals surface area contributed by atoms with E-state index in [1.54, 1.807) is 6.20 Å². The highest BCUT2D eigenvalue weighted by Crippen LogP contribution is 2.42. The summed E-state index contributed by atoms with van der Waals surface area (Å²) in [6.45, 7) is 0. The van der Waals surface area contributed by atoms with Crippen molar-refractivity contribution in [1.29, 1.82) is 0 Å². The number of benzene rings is 1. The third-order valence-electron chi connectivity index (χ3n) is 4.76. The lowest BCUT2D eigenvalue weighted by Crippen LogP contribution is -2.00. The fraction of sp³-hybridized carbons (Fsp3) is 0.200. The monoisotopic (exact) mass is 335 g/mol. The molecule has 1 saturated carbocycles. The van der Waals surface area contributed by atoms with E-state index < -0.39 is 11.6 Å². The van der Waals surface area contributed by atoms with Crippen LogP contribution in [0, 0.1) is 11.6 Å². The van der Waals surface area contributed by atoms with Gasteiger partial charge in [-0.15, -0.1) is 0 Å². The summed E-state index contributed by atoms with van der Waals surface area (Å²) in [5.74, 6) is -0.979. The molecule has 1 aromatic carbocycles. The Balaban J connectivity index is 1.82. The zero-order chi connectivity index (χ0) is 17.0. The third kappa shape index (κ3) is 2.30. The van der Waals surface area contributed by atoms with Gasteiger partial charge >= 0.3 is 0 Å². The number of rotatable bonds is 2. The number of imidazole rings is 1. The van der Waals surface area contributed by atoms with Crippen LogP contribution in [0.15, 0.2) is 36.7 Å². The summed E-state index contributed by atoms with van der Waals surface area (Å²) in [5.41, 5.74) is 4.08. The van der Waals surface area contributed by atoms with Gasteiger partial charge in [-0.25, -0.2) is 13.8 Å². The topological polar surface area (TPSA) is 30.7 Å². The maximum Gasteiger partial charge on any atom is 0.161 e. The Hall–Kier alpha value is -2.82. The number of hydrogen-bond acceptors (Lipinski definition) is 2. The lowest BCUT2D eigenvalue weighted by atomic mass is 10.0. The Bertz CT molecular complexity index is 1060. The SMILES string of the molecule is Fc1cc2nc(-c3cncc4c3C=CCC=C4)n(C3CC3)c2cc1F. The molecule has 0 saturated heterocycles. The van der Waals surface area contributed by atoms with Crippen LogP contribution in [0.4, 0.5) is 8.78 Å². The molecule has 3 nitrogen and oxygen atoms in total. The van der Waals surface area contributed by atoms with Gasteiger partial charge in [0.05, 0.1) is 11.0 Å². The molecule has 0 bridgehead atoms. The number of fused-ring (bicyclic) bond motifs is 2. The minimum Gasteiger partial charge on any atom is -0.321 e. The lowest BCUT2D eigenvalue weighted by molar-refractivity contribution is 0.510. The second kappa shape index (κ2) is 5.34. The van der Waals surface area contributed by atoms with Crippen molar-refractivity contribution < 1.29 is 8.78 Å². The second-order valence-electron chi connectivity index (χ2n) is 6.52. The largest absolute Gasteiger partial charge is 0.321 e. The van der Waals surface area contributed by atoms with E-state index in [-0.39, 0.29) is 6.04 Å². The molecule has 0 N–H and O–H groups in total. The van der Waals surface area contributed by atoms with E-state index in [1.165, 1.54) is 12.1 Å². The van der Waals surface area contributed by atoms with Gasteiger partial charge in [0.1, 0.15) is 5.82 Å². The molecule has 0 amide bonds. The number of hydrogen-bond donors (Lipinski definition) is 0. The third-order valence-corrected chi connectivity index (χ3v) is 4.76. The number of halogens is 2. The predicted octanol–water partition coefficient (Wildman–Crippen LogP) is 5.14. The molecule has 3 aromatic rings. The van der Waals surface area contributed by atoms with Crippen molar-refractivity contribution in [3.05, 3.63) is 59.4 Å². The quantitative estimate of drug-likeness (QED) is 0.649. The minimum atomic E-state index is -0.868. The van der Waals surface area contributed by atoms with Crippen molar-refractivity contribution in [2.75, 3.05) is 0 Å². The highest BCUT2D eigenvalue weighted by atomic mass is 19.2. The molecule has 0 atom stereocenters. The molecule has 0 spiro atoms. The van der Waals surface area contributed by atoms with Crippen LogP contribution in [0.25, 0.3) is 34.6 Å². The maximum atomic E-state index is 13.8. The molecule has 25 heavy (non-hydrogen) atoms. The minimum absolute atomic E-state index is 0.283. The highest BCUT2D eigenvalue weighted by Gasteiger charge is 2.30. The number of aromatic nitrogens is 3.